The molecule has 0 radical (unpaired) electrons. The van der Waals surface area contributed by atoms with Crippen molar-refractivity contribution in [3.05, 3.63) is 0 Å². The van der Waals surface area contributed by atoms with Crippen LogP contribution in [-0.4, -0.2) is 28.2 Å². The molecule has 0 heterocycles. The molecule has 0 aliphatic heterocycles. The summed E-state index contributed by atoms with van der Waals surface area (Å²) >= 11 is 2.87. The molecule has 0 aromatic rings. The Kier molecular flexibility index (Phi) is 23.1. The first-order valence-corrected chi connectivity index (χ1v) is 5.64. The first-order chi connectivity index (χ1) is 2.81. The summed E-state index contributed by atoms with van der Waals surface area (Å²) in [4.78, 5) is 0. The Morgan fingerprint density at radius 1 is 1.12 bits per heavy atom. The first kappa shape index (κ1) is 16.3. The third-order valence-corrected chi connectivity index (χ3v) is 4.63. The molecule has 0 aromatic carbocycles. The third kappa shape index (κ3) is 10.5. The fourth-order valence-corrected chi connectivity index (χ4v) is 0.671. The SMILES string of the molecule is CC[P]([Al+2])CC.[Cl-].[Cl-]. The van der Waals surface area contributed by atoms with Crippen LogP contribution >= 0.6 is 6.57 Å². The molecular formula is C4H10AlCl2P. The van der Waals surface area contributed by atoms with Crippen molar-refractivity contribution in [3.63, 3.8) is 0 Å². The largest absolute Gasteiger partial charge is 1.00 e. The van der Waals surface area contributed by atoms with Gasteiger partial charge in [0, 0.05) is 0 Å². The average molecular weight is 187 g/mol. The molecule has 0 amide bonds. The zero-order chi connectivity index (χ0) is 4.99. The molecule has 0 nitrogen and oxygen atoms in total. The molecule has 0 unspecified atom stereocenters. The van der Waals surface area contributed by atoms with Crippen molar-refractivity contribution in [1.29, 1.82) is 0 Å². The maximum absolute atomic E-state index is 2.87. The molecule has 0 bridgehead atoms. The van der Waals surface area contributed by atoms with Crippen LogP contribution in [0.4, 0.5) is 0 Å². The molecule has 0 atom stereocenters. The summed E-state index contributed by atoms with van der Waals surface area (Å²) in [5.41, 5.74) is 0. The van der Waals surface area contributed by atoms with Gasteiger partial charge in [0.05, 0.1) is 0 Å². The van der Waals surface area contributed by atoms with Gasteiger partial charge < -0.3 is 24.8 Å². The second kappa shape index (κ2) is 11.4. The van der Waals surface area contributed by atoms with Crippen LogP contribution < -0.4 is 24.8 Å². The van der Waals surface area contributed by atoms with Crippen molar-refractivity contribution >= 4 is 22.4 Å². The number of hydrogen-bond donors (Lipinski definition) is 0. The summed E-state index contributed by atoms with van der Waals surface area (Å²) in [6.45, 7) is 4.82. The van der Waals surface area contributed by atoms with E-state index < -0.39 is 0 Å². The van der Waals surface area contributed by atoms with Crippen LogP contribution in [0.5, 0.6) is 0 Å². The van der Waals surface area contributed by atoms with Crippen LogP contribution in [0.1, 0.15) is 13.8 Å². The first-order valence-electron chi connectivity index (χ1n) is 2.30. The van der Waals surface area contributed by atoms with E-state index in [0.717, 1.165) is 0 Å². The Morgan fingerprint density at radius 2 is 1.38 bits per heavy atom. The van der Waals surface area contributed by atoms with Crippen molar-refractivity contribution < 1.29 is 24.8 Å². The number of hydrogen-bond acceptors (Lipinski definition) is 0. The number of halogens is 2. The second-order valence-corrected chi connectivity index (χ2v) is 5.85. The van der Waals surface area contributed by atoms with Crippen molar-refractivity contribution in [2.45, 2.75) is 13.8 Å². The van der Waals surface area contributed by atoms with Gasteiger partial charge in [-0.1, -0.05) is 0 Å². The average Bonchev–Trinajstić information content (AvgIpc) is 1.65. The van der Waals surface area contributed by atoms with E-state index in [9.17, 15) is 0 Å². The topological polar surface area (TPSA) is 0 Å². The van der Waals surface area contributed by atoms with Gasteiger partial charge >= 0.3 is 48.6 Å². The predicted molar refractivity (Wildman–Crippen MR) is 33.8 cm³/mol. The molecule has 8 heavy (non-hydrogen) atoms. The predicted octanol–water partition coefficient (Wildman–Crippen LogP) is -4.40. The smallest absolute Gasteiger partial charge is 1.00 e. The molecule has 0 saturated carbocycles. The maximum atomic E-state index is 2.87. The minimum absolute atomic E-state index is 0. The summed E-state index contributed by atoms with van der Waals surface area (Å²) in [6, 6.07) is 0. The van der Waals surface area contributed by atoms with Crippen LogP contribution in [0.15, 0.2) is 0 Å². The molecule has 0 fully saturated rings. The zero-order valence-electron chi connectivity index (χ0n) is 5.19. The van der Waals surface area contributed by atoms with E-state index in [2.05, 4.69) is 29.7 Å². The molecule has 0 aromatic heterocycles. The summed E-state index contributed by atoms with van der Waals surface area (Å²) in [5, 5.41) is 0. The minimum atomic E-state index is 0. The molecular weight excluding hydrogens is 177 g/mol. The van der Waals surface area contributed by atoms with Crippen molar-refractivity contribution in [1.82, 2.24) is 0 Å². The van der Waals surface area contributed by atoms with E-state index in [4.69, 9.17) is 0 Å². The zero-order valence-corrected chi connectivity index (χ0v) is 8.76. The van der Waals surface area contributed by atoms with E-state index in [1.165, 1.54) is 12.3 Å². The molecule has 0 rings (SSSR count). The summed E-state index contributed by atoms with van der Waals surface area (Å²) in [5.74, 6) is 0. The monoisotopic (exact) mass is 186 g/mol. The standard InChI is InChI=1S/C4H10P.Al.2ClH/c1-3-5-4-2;;;/h3-4H2,1-2H3;;2*1H/q-1;+3;;/p-2. The normalized spacial score (nSPS) is 7.62. The van der Waals surface area contributed by atoms with Gasteiger partial charge in [0.1, 0.15) is 0 Å². The van der Waals surface area contributed by atoms with Gasteiger partial charge in [-0.3, -0.25) is 0 Å². The fraction of sp³-hybridized carbons (Fsp3) is 1.00. The van der Waals surface area contributed by atoms with Crippen molar-refractivity contribution in [2.75, 3.05) is 12.3 Å². The Morgan fingerprint density at radius 3 is 1.38 bits per heavy atom. The van der Waals surface area contributed by atoms with E-state index in [0.29, 0.717) is 6.57 Å². The van der Waals surface area contributed by atoms with Gasteiger partial charge in [-0.25, -0.2) is 0 Å². The van der Waals surface area contributed by atoms with E-state index >= 15 is 0 Å². The van der Waals surface area contributed by atoms with Gasteiger partial charge in [0.15, 0.2) is 0 Å². The molecule has 4 heteroatoms. The van der Waals surface area contributed by atoms with Gasteiger partial charge in [0.25, 0.3) is 0 Å². The Bertz CT molecular complexity index is 33.2. The maximum Gasteiger partial charge on any atom is -1.00 e. The molecule has 0 saturated heterocycles. The summed E-state index contributed by atoms with van der Waals surface area (Å²) < 4.78 is 0. The molecule has 0 aliphatic rings. The van der Waals surface area contributed by atoms with Crippen molar-refractivity contribution in [2.24, 2.45) is 0 Å². The molecule has 0 spiro atoms. The molecule has 0 N–H and O–H groups in total. The minimum Gasteiger partial charge on any atom is -1.00 e. The van der Waals surface area contributed by atoms with E-state index in [1.54, 1.807) is 0 Å². The van der Waals surface area contributed by atoms with Crippen LogP contribution in [0.25, 0.3) is 0 Å². The van der Waals surface area contributed by atoms with Gasteiger partial charge in [-0.15, -0.1) is 0 Å². The quantitative estimate of drug-likeness (QED) is 0.302. The van der Waals surface area contributed by atoms with Crippen LogP contribution in [0.2, 0.25) is 0 Å². The van der Waals surface area contributed by atoms with E-state index in [1.807, 2.05) is 0 Å². The van der Waals surface area contributed by atoms with Crippen LogP contribution in [0, 0.1) is 0 Å². The van der Waals surface area contributed by atoms with Gasteiger partial charge in [-0.05, 0) is 0 Å². The Hall–Kier alpha value is 1.54. The summed E-state index contributed by atoms with van der Waals surface area (Å²) in [6.07, 6.45) is 2.72. The summed E-state index contributed by atoms with van der Waals surface area (Å²) in [7, 11) is 0. The molecule has 0 aliphatic carbocycles. The Labute approximate surface area is 73.4 Å². The van der Waals surface area contributed by atoms with Gasteiger partial charge in [0.2, 0.25) is 0 Å². The van der Waals surface area contributed by atoms with E-state index in [-0.39, 0.29) is 24.8 Å². The third-order valence-electron chi connectivity index (χ3n) is 0.812. The molecule has 48 valence electrons. The van der Waals surface area contributed by atoms with Crippen molar-refractivity contribution in [3.8, 4) is 0 Å². The van der Waals surface area contributed by atoms with Crippen LogP contribution in [-0.2, 0) is 0 Å². The fourth-order valence-electron chi connectivity index (χ4n) is 0.224. The second-order valence-electron chi connectivity index (χ2n) is 1.22. The Balaban J connectivity index is -0.000000125. The number of rotatable bonds is 2. The van der Waals surface area contributed by atoms with Crippen LogP contribution in [0.3, 0.4) is 0 Å². The van der Waals surface area contributed by atoms with Gasteiger partial charge in [-0.2, -0.15) is 0 Å².